The molecule has 4 rings (SSSR count). The molecule has 0 radical (unpaired) electrons. The van der Waals surface area contributed by atoms with Gasteiger partial charge in [0.25, 0.3) is 0 Å². The molecule has 0 atom stereocenters. The predicted molar refractivity (Wildman–Crippen MR) is 116 cm³/mol. The molecule has 154 valence electrons. The van der Waals surface area contributed by atoms with Gasteiger partial charge in [-0.25, -0.2) is 8.42 Å². The third kappa shape index (κ3) is 3.79. The zero-order valence-corrected chi connectivity index (χ0v) is 19.5. The fraction of sp³-hybridized carbons (Fsp3) is 0.333. The highest BCUT2D eigenvalue weighted by Gasteiger charge is 2.48. The molecule has 3 nitrogen and oxygen atoms in total. The fourth-order valence-electron chi connectivity index (χ4n) is 3.99. The average molecular weight is 548 g/mol. The van der Waals surface area contributed by atoms with Crippen LogP contribution in [0.3, 0.4) is 0 Å². The minimum absolute atomic E-state index is 0.275. The maximum Gasteiger partial charge on any atom is 0.341 e. The van der Waals surface area contributed by atoms with Crippen molar-refractivity contribution >= 4 is 52.8 Å². The Morgan fingerprint density at radius 3 is 1.93 bits per heavy atom. The van der Waals surface area contributed by atoms with E-state index in [1.165, 1.54) is 17.7 Å². The zero-order chi connectivity index (χ0) is 21.0. The molecule has 0 aliphatic heterocycles. The van der Waals surface area contributed by atoms with E-state index in [2.05, 4.69) is 31.9 Å². The lowest BCUT2D eigenvalue weighted by Gasteiger charge is -2.13. The van der Waals surface area contributed by atoms with Crippen LogP contribution in [0.25, 0.3) is 11.1 Å². The standard InChI is InChI=1S/C21H18Br2F2O3S/c1-28-19-17(22)8-13(9-18(19)23)16-11-21(6-7-21)10-15(16)12-2-4-14(5-3-12)29(26,27)20(24)25/h2-5,8-9,20H,6-7,10-11H2,1H3. The van der Waals surface area contributed by atoms with Gasteiger partial charge in [-0.3, -0.25) is 0 Å². The lowest BCUT2D eigenvalue weighted by atomic mass is 9.97. The van der Waals surface area contributed by atoms with E-state index in [0.29, 0.717) is 0 Å². The summed E-state index contributed by atoms with van der Waals surface area (Å²) in [5, 5.41) is 0. The Kier molecular flexibility index (Phi) is 5.40. The molecule has 8 heteroatoms. The Bertz CT molecular complexity index is 1080. The molecular weight excluding hydrogens is 530 g/mol. The molecule has 0 amide bonds. The van der Waals surface area contributed by atoms with Gasteiger partial charge in [-0.2, -0.15) is 8.78 Å². The van der Waals surface area contributed by atoms with Crippen molar-refractivity contribution < 1.29 is 21.9 Å². The number of hydrogen-bond donors (Lipinski definition) is 0. The number of halogens is 4. The van der Waals surface area contributed by atoms with Crippen LogP contribution >= 0.6 is 31.9 Å². The molecule has 0 heterocycles. The Labute approximate surface area is 185 Å². The summed E-state index contributed by atoms with van der Waals surface area (Å²) < 4.78 is 56.1. The van der Waals surface area contributed by atoms with Gasteiger partial charge in [0.1, 0.15) is 5.75 Å². The molecule has 2 aromatic rings. The number of allylic oxidation sites excluding steroid dienone is 2. The molecular formula is C21H18Br2F2O3S. The molecule has 2 aliphatic rings. The van der Waals surface area contributed by atoms with Gasteiger partial charge in [-0.15, -0.1) is 0 Å². The topological polar surface area (TPSA) is 43.4 Å². The van der Waals surface area contributed by atoms with Gasteiger partial charge in [-0.05, 0) is 109 Å². The smallest absolute Gasteiger partial charge is 0.341 e. The normalized spacial score (nSPS) is 18.0. The van der Waals surface area contributed by atoms with Crippen molar-refractivity contribution in [2.75, 3.05) is 7.11 Å². The maximum absolute atomic E-state index is 12.8. The summed E-state index contributed by atoms with van der Waals surface area (Å²) >= 11 is 7.11. The third-order valence-corrected chi connectivity index (χ3v) is 8.32. The highest BCUT2D eigenvalue weighted by atomic mass is 79.9. The molecule has 2 aliphatic carbocycles. The molecule has 0 unspecified atom stereocenters. The Morgan fingerprint density at radius 1 is 0.966 bits per heavy atom. The first-order chi connectivity index (χ1) is 13.7. The number of benzene rings is 2. The summed E-state index contributed by atoms with van der Waals surface area (Å²) in [6.07, 6.45) is 4.18. The number of methoxy groups -OCH3 is 1. The van der Waals surface area contributed by atoms with Crippen LogP contribution in [0.15, 0.2) is 50.2 Å². The van der Waals surface area contributed by atoms with Gasteiger partial charge in [-0.1, -0.05) is 12.1 Å². The lowest BCUT2D eigenvalue weighted by Crippen LogP contribution is -2.11. The number of ether oxygens (including phenoxy) is 1. The maximum atomic E-state index is 12.8. The summed E-state index contributed by atoms with van der Waals surface area (Å²) in [4.78, 5) is -0.354. The quantitative estimate of drug-likeness (QED) is 0.418. The van der Waals surface area contributed by atoms with E-state index in [-0.39, 0.29) is 10.3 Å². The lowest BCUT2D eigenvalue weighted by molar-refractivity contribution is 0.234. The van der Waals surface area contributed by atoms with Gasteiger partial charge in [0.2, 0.25) is 9.84 Å². The van der Waals surface area contributed by atoms with Crippen LogP contribution in [-0.4, -0.2) is 21.3 Å². The average Bonchev–Trinajstić information content (AvgIpc) is 3.31. The minimum atomic E-state index is -4.59. The minimum Gasteiger partial charge on any atom is -0.494 e. The second-order valence-corrected chi connectivity index (χ2v) is 11.2. The number of rotatable bonds is 5. The van der Waals surface area contributed by atoms with E-state index in [9.17, 15) is 17.2 Å². The van der Waals surface area contributed by atoms with E-state index < -0.39 is 15.6 Å². The van der Waals surface area contributed by atoms with Crippen molar-refractivity contribution in [2.45, 2.75) is 36.3 Å². The molecule has 1 saturated carbocycles. The highest BCUT2D eigenvalue weighted by Crippen LogP contribution is 2.63. The summed E-state index contributed by atoms with van der Waals surface area (Å²) in [5.74, 6) is -2.70. The summed E-state index contributed by atoms with van der Waals surface area (Å²) in [5.41, 5.74) is 4.56. The van der Waals surface area contributed by atoms with E-state index in [4.69, 9.17) is 4.74 Å². The first kappa shape index (κ1) is 21.0. The van der Waals surface area contributed by atoms with Gasteiger partial charge in [0.15, 0.2) is 0 Å². The molecule has 29 heavy (non-hydrogen) atoms. The second kappa shape index (κ2) is 7.46. The first-order valence-electron chi connectivity index (χ1n) is 9.05. The fourth-order valence-corrected chi connectivity index (χ4v) is 6.22. The van der Waals surface area contributed by atoms with Crippen molar-refractivity contribution in [3.63, 3.8) is 0 Å². The third-order valence-electron chi connectivity index (χ3n) is 5.74. The number of sulfone groups is 1. The van der Waals surface area contributed by atoms with Crippen LogP contribution in [0, 0.1) is 5.41 Å². The molecule has 1 spiro atoms. The Morgan fingerprint density at radius 2 is 1.48 bits per heavy atom. The summed E-state index contributed by atoms with van der Waals surface area (Å²) in [6.45, 7) is 0. The van der Waals surface area contributed by atoms with Crippen LogP contribution < -0.4 is 4.74 Å². The highest BCUT2D eigenvalue weighted by molar-refractivity contribution is 9.11. The van der Waals surface area contributed by atoms with Crippen LogP contribution in [0.5, 0.6) is 5.75 Å². The number of alkyl halides is 2. The van der Waals surface area contributed by atoms with Crippen molar-refractivity contribution in [1.82, 2.24) is 0 Å². The van der Waals surface area contributed by atoms with Gasteiger partial charge in [0, 0.05) is 0 Å². The summed E-state index contributed by atoms with van der Waals surface area (Å²) in [6, 6.07) is 9.88. The van der Waals surface area contributed by atoms with Crippen LogP contribution in [-0.2, 0) is 9.84 Å². The van der Waals surface area contributed by atoms with Crippen LogP contribution in [0.1, 0.15) is 36.8 Å². The van der Waals surface area contributed by atoms with Gasteiger partial charge >= 0.3 is 5.76 Å². The SMILES string of the molecule is COc1c(Br)cc(C2=C(c3ccc(S(=O)(=O)C(F)F)cc3)CC3(CC3)C2)cc1Br. The zero-order valence-electron chi connectivity index (χ0n) is 15.5. The predicted octanol–water partition coefficient (Wildman–Crippen LogP) is 6.70. The molecule has 2 aromatic carbocycles. The van der Waals surface area contributed by atoms with Crippen LogP contribution in [0.4, 0.5) is 8.78 Å². The molecule has 0 N–H and O–H groups in total. The molecule has 0 saturated heterocycles. The first-order valence-corrected chi connectivity index (χ1v) is 12.2. The molecule has 1 fully saturated rings. The van der Waals surface area contributed by atoms with Crippen molar-refractivity contribution in [1.29, 1.82) is 0 Å². The molecule has 0 bridgehead atoms. The summed E-state index contributed by atoms with van der Waals surface area (Å²) in [7, 11) is -2.98. The second-order valence-electron chi connectivity index (χ2n) is 7.61. The van der Waals surface area contributed by atoms with Crippen LogP contribution in [0.2, 0.25) is 0 Å². The Balaban J connectivity index is 1.78. The van der Waals surface area contributed by atoms with Gasteiger partial charge < -0.3 is 4.74 Å². The van der Waals surface area contributed by atoms with Crippen molar-refractivity contribution in [2.24, 2.45) is 5.41 Å². The van der Waals surface area contributed by atoms with E-state index in [0.717, 1.165) is 57.1 Å². The van der Waals surface area contributed by atoms with Gasteiger partial charge in [0.05, 0.1) is 21.0 Å². The Hall–Kier alpha value is -1.25. The van der Waals surface area contributed by atoms with Crippen molar-refractivity contribution in [3.8, 4) is 5.75 Å². The van der Waals surface area contributed by atoms with E-state index in [1.54, 1.807) is 19.2 Å². The van der Waals surface area contributed by atoms with Crippen molar-refractivity contribution in [3.05, 3.63) is 56.5 Å². The molecule has 0 aromatic heterocycles. The largest absolute Gasteiger partial charge is 0.494 e. The monoisotopic (exact) mass is 546 g/mol. The van der Waals surface area contributed by atoms with E-state index in [1.807, 2.05) is 12.1 Å². The van der Waals surface area contributed by atoms with E-state index >= 15 is 0 Å². The number of hydrogen-bond acceptors (Lipinski definition) is 3.